The average Bonchev–Trinajstić information content (AvgIpc) is 2.95. The lowest BCUT2D eigenvalue weighted by Gasteiger charge is -2.13. The molecule has 0 saturated heterocycles. The minimum Gasteiger partial charge on any atom is -0.470 e. The van der Waals surface area contributed by atoms with Crippen LogP contribution in [0.1, 0.15) is 6.92 Å². The van der Waals surface area contributed by atoms with E-state index in [4.69, 9.17) is 9.47 Å². The Labute approximate surface area is 143 Å². The number of esters is 1. The van der Waals surface area contributed by atoms with Crippen LogP contribution in [0.5, 0.6) is 0 Å². The zero-order chi connectivity index (χ0) is 18.4. The van der Waals surface area contributed by atoms with Gasteiger partial charge in [0.25, 0.3) is 5.91 Å². The Morgan fingerprint density at radius 3 is 2.52 bits per heavy atom. The number of anilines is 1. The first-order valence-corrected chi connectivity index (χ1v) is 7.38. The SMILES string of the molecule is CNC(=O)NC(=O)[C@@H](C)OC(=O)C1=C(Nc2ccccc2)OCC1=O. The number of para-hydroxylation sites is 1. The molecular weight excluding hydrogens is 330 g/mol. The number of Topliss-reactive ketones (excluding diaryl/α,β-unsaturated/α-hetero) is 1. The first kappa shape index (κ1) is 18.0. The number of hydrogen-bond acceptors (Lipinski definition) is 7. The summed E-state index contributed by atoms with van der Waals surface area (Å²) >= 11 is 0. The van der Waals surface area contributed by atoms with Crippen LogP contribution in [0.3, 0.4) is 0 Å². The third kappa shape index (κ3) is 4.56. The topological polar surface area (TPSA) is 123 Å². The maximum absolute atomic E-state index is 12.2. The van der Waals surface area contributed by atoms with E-state index in [9.17, 15) is 19.2 Å². The number of rotatable bonds is 5. The van der Waals surface area contributed by atoms with Crippen molar-refractivity contribution in [3.8, 4) is 0 Å². The van der Waals surface area contributed by atoms with Gasteiger partial charge in [0.2, 0.25) is 11.7 Å². The fraction of sp³-hybridized carbons (Fsp3) is 0.250. The molecule has 1 aliphatic heterocycles. The highest BCUT2D eigenvalue weighted by molar-refractivity contribution is 6.20. The molecule has 0 saturated carbocycles. The average molecular weight is 347 g/mol. The summed E-state index contributed by atoms with van der Waals surface area (Å²) < 4.78 is 10.1. The van der Waals surface area contributed by atoms with Gasteiger partial charge in [0.05, 0.1) is 0 Å². The molecule has 1 heterocycles. The number of carbonyl (C=O) groups is 4. The molecule has 0 bridgehead atoms. The van der Waals surface area contributed by atoms with Gasteiger partial charge >= 0.3 is 12.0 Å². The number of benzene rings is 1. The number of hydrogen-bond donors (Lipinski definition) is 3. The van der Waals surface area contributed by atoms with Crippen LogP contribution in [-0.4, -0.2) is 43.4 Å². The molecule has 9 heteroatoms. The molecule has 0 spiro atoms. The van der Waals surface area contributed by atoms with Gasteiger partial charge in [0, 0.05) is 12.7 Å². The van der Waals surface area contributed by atoms with Crippen molar-refractivity contribution in [1.29, 1.82) is 0 Å². The van der Waals surface area contributed by atoms with Gasteiger partial charge in [-0.1, -0.05) is 18.2 Å². The van der Waals surface area contributed by atoms with Crippen molar-refractivity contribution >= 4 is 29.4 Å². The third-order valence-corrected chi connectivity index (χ3v) is 3.21. The van der Waals surface area contributed by atoms with Gasteiger partial charge in [-0.05, 0) is 19.1 Å². The Kier molecular flexibility index (Phi) is 5.72. The Balaban J connectivity index is 2.09. The molecule has 1 aromatic carbocycles. The standard InChI is InChI=1S/C16H17N3O6/c1-9(13(21)19-16(23)17-2)25-15(22)12-11(20)8-24-14(12)18-10-6-4-3-5-7-10/h3-7,9,18H,8H2,1-2H3,(H2,17,19,21,23)/t9-/m1/s1. The minimum absolute atomic E-state index is 0.0416. The fourth-order valence-corrected chi connectivity index (χ4v) is 1.92. The molecule has 1 aromatic rings. The largest absolute Gasteiger partial charge is 0.470 e. The maximum Gasteiger partial charge on any atom is 0.348 e. The fourth-order valence-electron chi connectivity index (χ4n) is 1.92. The normalized spacial score (nSPS) is 14.4. The van der Waals surface area contributed by atoms with Crippen LogP contribution in [0.25, 0.3) is 0 Å². The monoisotopic (exact) mass is 347 g/mol. The molecule has 0 radical (unpaired) electrons. The lowest BCUT2D eigenvalue weighted by atomic mass is 10.2. The van der Waals surface area contributed by atoms with Crippen LogP contribution in [0.15, 0.2) is 41.8 Å². The minimum atomic E-state index is -1.27. The van der Waals surface area contributed by atoms with E-state index < -0.39 is 29.8 Å². The molecule has 25 heavy (non-hydrogen) atoms. The second-order valence-electron chi connectivity index (χ2n) is 5.02. The summed E-state index contributed by atoms with van der Waals surface area (Å²) in [4.78, 5) is 46.9. The quantitative estimate of drug-likeness (QED) is 0.517. The van der Waals surface area contributed by atoms with E-state index in [1.807, 2.05) is 11.4 Å². The third-order valence-electron chi connectivity index (χ3n) is 3.21. The van der Waals surface area contributed by atoms with Crippen molar-refractivity contribution < 1.29 is 28.7 Å². The predicted octanol–water partition coefficient (Wildman–Crippen LogP) is 0.297. The number of nitrogens with one attached hydrogen (secondary N) is 3. The molecule has 1 aliphatic rings. The Hall–Kier alpha value is -3.36. The van der Waals surface area contributed by atoms with E-state index in [-0.39, 0.29) is 18.1 Å². The number of imide groups is 1. The molecule has 3 amide bonds. The van der Waals surface area contributed by atoms with Crippen molar-refractivity contribution in [3.63, 3.8) is 0 Å². The summed E-state index contributed by atoms with van der Waals surface area (Å²) in [6, 6.07) is 8.05. The highest BCUT2D eigenvalue weighted by Gasteiger charge is 2.34. The van der Waals surface area contributed by atoms with Crippen LogP contribution in [-0.2, 0) is 23.9 Å². The summed E-state index contributed by atoms with van der Waals surface area (Å²) in [6.07, 6.45) is -1.27. The summed E-state index contributed by atoms with van der Waals surface area (Å²) in [5.41, 5.74) is 0.298. The van der Waals surface area contributed by atoms with Crippen LogP contribution in [0.2, 0.25) is 0 Å². The first-order valence-electron chi connectivity index (χ1n) is 7.38. The molecule has 2 rings (SSSR count). The summed E-state index contributed by atoms with van der Waals surface area (Å²) in [6.45, 7) is 0.972. The summed E-state index contributed by atoms with van der Waals surface area (Å²) in [5, 5.41) is 6.99. The van der Waals surface area contributed by atoms with Gasteiger partial charge in [-0.2, -0.15) is 0 Å². The molecular formula is C16H17N3O6. The van der Waals surface area contributed by atoms with Crippen molar-refractivity contribution in [2.45, 2.75) is 13.0 Å². The number of ether oxygens (including phenoxy) is 2. The zero-order valence-corrected chi connectivity index (χ0v) is 13.6. The molecule has 9 nitrogen and oxygen atoms in total. The highest BCUT2D eigenvalue weighted by Crippen LogP contribution is 2.21. The number of amides is 3. The van der Waals surface area contributed by atoms with Crippen LogP contribution < -0.4 is 16.0 Å². The lowest BCUT2D eigenvalue weighted by molar-refractivity contribution is -0.151. The van der Waals surface area contributed by atoms with Crippen molar-refractivity contribution in [1.82, 2.24) is 10.6 Å². The molecule has 3 N–H and O–H groups in total. The Morgan fingerprint density at radius 1 is 1.20 bits per heavy atom. The number of ketones is 1. The molecule has 0 fully saturated rings. The van der Waals surface area contributed by atoms with Crippen molar-refractivity contribution in [2.24, 2.45) is 0 Å². The summed E-state index contributed by atoms with van der Waals surface area (Å²) in [7, 11) is 1.33. The van der Waals surface area contributed by atoms with Crippen molar-refractivity contribution in [3.05, 3.63) is 41.8 Å². The van der Waals surface area contributed by atoms with E-state index in [0.29, 0.717) is 5.69 Å². The zero-order valence-electron chi connectivity index (χ0n) is 13.6. The van der Waals surface area contributed by atoms with E-state index in [1.165, 1.54) is 14.0 Å². The van der Waals surface area contributed by atoms with Gasteiger partial charge in [-0.15, -0.1) is 0 Å². The first-order chi connectivity index (χ1) is 11.9. The Bertz CT molecular complexity index is 729. The van der Waals surface area contributed by atoms with Gasteiger partial charge < -0.3 is 20.1 Å². The van der Waals surface area contributed by atoms with Crippen LogP contribution in [0.4, 0.5) is 10.5 Å². The number of carbonyl (C=O) groups excluding carboxylic acids is 4. The van der Waals surface area contributed by atoms with Gasteiger partial charge in [-0.3, -0.25) is 14.9 Å². The van der Waals surface area contributed by atoms with Crippen LogP contribution in [0, 0.1) is 0 Å². The van der Waals surface area contributed by atoms with Crippen LogP contribution >= 0.6 is 0 Å². The van der Waals surface area contributed by atoms with Gasteiger partial charge in [-0.25, -0.2) is 9.59 Å². The molecule has 132 valence electrons. The maximum atomic E-state index is 12.2. The summed E-state index contributed by atoms with van der Waals surface area (Å²) in [5.74, 6) is -2.44. The highest BCUT2D eigenvalue weighted by atomic mass is 16.6. The van der Waals surface area contributed by atoms with Gasteiger partial charge in [0.15, 0.2) is 18.3 Å². The molecule has 0 unspecified atom stereocenters. The van der Waals surface area contributed by atoms with Gasteiger partial charge in [0.1, 0.15) is 0 Å². The Morgan fingerprint density at radius 2 is 1.88 bits per heavy atom. The second kappa shape index (κ2) is 7.95. The van der Waals surface area contributed by atoms with E-state index in [1.54, 1.807) is 24.3 Å². The molecule has 1 atom stereocenters. The van der Waals surface area contributed by atoms with Crippen molar-refractivity contribution in [2.75, 3.05) is 19.0 Å². The second-order valence-corrected chi connectivity index (χ2v) is 5.02. The van der Waals surface area contributed by atoms with E-state index in [0.717, 1.165) is 0 Å². The predicted molar refractivity (Wildman–Crippen MR) is 86.2 cm³/mol. The lowest BCUT2D eigenvalue weighted by Crippen LogP contribution is -2.43. The van der Waals surface area contributed by atoms with E-state index in [2.05, 4.69) is 10.6 Å². The molecule has 0 aliphatic carbocycles. The number of urea groups is 1. The molecule has 0 aromatic heterocycles. The van der Waals surface area contributed by atoms with E-state index >= 15 is 0 Å². The smallest absolute Gasteiger partial charge is 0.348 e.